The molecule has 0 aliphatic rings. The van der Waals surface area contributed by atoms with Crippen LogP contribution < -0.4 is 5.32 Å². The number of nitrogens with zero attached hydrogens (tertiary/aromatic N) is 2. The third-order valence-corrected chi connectivity index (χ3v) is 3.43. The number of amides is 1. The average Bonchev–Trinajstić information content (AvgIpc) is 2.85. The van der Waals surface area contributed by atoms with E-state index in [0.29, 0.717) is 10.7 Å². The van der Waals surface area contributed by atoms with E-state index in [1.807, 2.05) is 6.92 Å². The van der Waals surface area contributed by atoms with Crippen LogP contribution in [-0.2, 0) is 11.8 Å². The van der Waals surface area contributed by atoms with Crippen LogP contribution in [0, 0.1) is 6.92 Å². The number of nitrogens with one attached hydrogen (secondary N) is 1. The van der Waals surface area contributed by atoms with Crippen LogP contribution in [0.5, 0.6) is 0 Å². The van der Waals surface area contributed by atoms with E-state index in [4.69, 9.17) is 16.3 Å². The van der Waals surface area contributed by atoms with Crippen molar-refractivity contribution in [3.05, 3.63) is 46.2 Å². The van der Waals surface area contributed by atoms with Crippen LogP contribution >= 0.6 is 11.6 Å². The zero-order valence-corrected chi connectivity index (χ0v) is 13.3. The van der Waals surface area contributed by atoms with Crippen molar-refractivity contribution < 1.29 is 14.3 Å². The number of anilines is 1. The van der Waals surface area contributed by atoms with Crippen LogP contribution in [0.1, 0.15) is 33.5 Å². The van der Waals surface area contributed by atoms with Crippen LogP contribution in [-0.4, -0.2) is 28.3 Å². The van der Waals surface area contributed by atoms with Crippen LogP contribution in [0.25, 0.3) is 0 Å². The average molecular weight is 322 g/mol. The molecule has 2 aromatic rings. The van der Waals surface area contributed by atoms with Gasteiger partial charge in [0.25, 0.3) is 5.91 Å². The standard InChI is InChI=1S/C15H16ClN3O3/c1-4-22-15(21)13-8-12(18-19(13)3)14(20)17-10-6-5-9(2)11(16)7-10/h5-8H,4H2,1-3H3,(H,17,20). The van der Waals surface area contributed by atoms with E-state index in [9.17, 15) is 9.59 Å². The molecule has 1 aromatic heterocycles. The predicted molar refractivity (Wildman–Crippen MR) is 83.3 cm³/mol. The summed E-state index contributed by atoms with van der Waals surface area (Å²) in [5.41, 5.74) is 1.82. The van der Waals surface area contributed by atoms with Crippen molar-refractivity contribution in [2.24, 2.45) is 7.05 Å². The van der Waals surface area contributed by atoms with E-state index in [2.05, 4.69) is 10.4 Å². The number of carbonyl (C=O) groups is 2. The number of halogens is 1. The number of ether oxygens (including phenoxy) is 1. The van der Waals surface area contributed by atoms with E-state index >= 15 is 0 Å². The topological polar surface area (TPSA) is 73.2 Å². The molecule has 0 atom stereocenters. The molecule has 116 valence electrons. The summed E-state index contributed by atoms with van der Waals surface area (Å²) < 4.78 is 6.21. The monoisotopic (exact) mass is 321 g/mol. The molecule has 1 amide bonds. The van der Waals surface area contributed by atoms with Crippen molar-refractivity contribution in [1.29, 1.82) is 0 Å². The summed E-state index contributed by atoms with van der Waals surface area (Å²) in [4.78, 5) is 23.9. The Kier molecular flexibility index (Phi) is 4.82. The Morgan fingerprint density at radius 2 is 2.09 bits per heavy atom. The number of rotatable bonds is 4. The summed E-state index contributed by atoms with van der Waals surface area (Å²) in [6.45, 7) is 3.84. The SMILES string of the molecule is CCOC(=O)c1cc(C(=O)Nc2ccc(C)c(Cl)c2)nn1C. The highest BCUT2D eigenvalue weighted by molar-refractivity contribution is 6.31. The highest BCUT2D eigenvalue weighted by Crippen LogP contribution is 2.20. The van der Waals surface area contributed by atoms with Gasteiger partial charge in [-0.05, 0) is 31.5 Å². The molecule has 6 nitrogen and oxygen atoms in total. The fraction of sp³-hybridized carbons (Fsp3) is 0.267. The number of carbonyl (C=O) groups excluding carboxylic acids is 2. The van der Waals surface area contributed by atoms with Gasteiger partial charge in [-0.1, -0.05) is 17.7 Å². The third kappa shape index (κ3) is 3.46. The maximum Gasteiger partial charge on any atom is 0.356 e. The number of aromatic nitrogens is 2. The molecule has 0 aliphatic carbocycles. The fourth-order valence-corrected chi connectivity index (χ4v) is 2.02. The number of esters is 1. The number of benzene rings is 1. The summed E-state index contributed by atoms with van der Waals surface area (Å²) >= 11 is 6.02. The van der Waals surface area contributed by atoms with Crippen molar-refractivity contribution in [2.75, 3.05) is 11.9 Å². The molecule has 2 rings (SSSR count). The molecule has 1 aromatic carbocycles. The number of hydrogen-bond donors (Lipinski definition) is 1. The van der Waals surface area contributed by atoms with E-state index in [-0.39, 0.29) is 18.0 Å². The predicted octanol–water partition coefficient (Wildman–Crippen LogP) is 2.81. The van der Waals surface area contributed by atoms with E-state index in [1.165, 1.54) is 10.7 Å². The quantitative estimate of drug-likeness (QED) is 0.879. The first kappa shape index (κ1) is 16.0. The molecule has 0 saturated heterocycles. The van der Waals surface area contributed by atoms with Gasteiger partial charge in [0.2, 0.25) is 0 Å². The van der Waals surface area contributed by atoms with Gasteiger partial charge in [0.1, 0.15) is 5.69 Å². The van der Waals surface area contributed by atoms with Gasteiger partial charge < -0.3 is 10.1 Å². The molecule has 22 heavy (non-hydrogen) atoms. The lowest BCUT2D eigenvalue weighted by atomic mass is 10.2. The first-order valence-corrected chi connectivity index (χ1v) is 7.08. The molecule has 7 heteroatoms. The molecular formula is C15H16ClN3O3. The Bertz CT molecular complexity index is 725. The molecule has 0 unspecified atom stereocenters. The minimum atomic E-state index is -0.519. The summed E-state index contributed by atoms with van der Waals surface area (Å²) in [6.07, 6.45) is 0. The maximum atomic E-state index is 12.2. The first-order valence-electron chi connectivity index (χ1n) is 6.71. The Hall–Kier alpha value is -2.34. The second-order valence-electron chi connectivity index (χ2n) is 4.68. The molecule has 0 radical (unpaired) electrons. The highest BCUT2D eigenvalue weighted by atomic mass is 35.5. The normalized spacial score (nSPS) is 10.4. The van der Waals surface area contributed by atoms with Gasteiger partial charge in [-0.2, -0.15) is 5.10 Å². The first-order chi connectivity index (χ1) is 10.4. The van der Waals surface area contributed by atoms with Gasteiger partial charge in [0.15, 0.2) is 5.69 Å². The fourth-order valence-electron chi connectivity index (χ4n) is 1.84. The van der Waals surface area contributed by atoms with Crippen molar-refractivity contribution in [1.82, 2.24) is 9.78 Å². The van der Waals surface area contributed by atoms with Crippen molar-refractivity contribution >= 4 is 29.2 Å². The Morgan fingerprint density at radius 1 is 1.36 bits per heavy atom. The molecule has 0 aliphatic heterocycles. The van der Waals surface area contributed by atoms with Gasteiger partial charge in [-0.3, -0.25) is 9.48 Å². The van der Waals surface area contributed by atoms with Crippen LogP contribution in [0.15, 0.2) is 24.3 Å². The van der Waals surface area contributed by atoms with E-state index < -0.39 is 11.9 Å². The highest BCUT2D eigenvalue weighted by Gasteiger charge is 2.18. The lowest BCUT2D eigenvalue weighted by Crippen LogP contribution is -2.13. The molecular weight excluding hydrogens is 306 g/mol. The molecule has 0 fully saturated rings. The lowest BCUT2D eigenvalue weighted by Gasteiger charge is -2.05. The van der Waals surface area contributed by atoms with Crippen molar-refractivity contribution in [3.63, 3.8) is 0 Å². The number of aryl methyl sites for hydroxylation is 2. The number of hydrogen-bond acceptors (Lipinski definition) is 4. The largest absolute Gasteiger partial charge is 0.461 e. The van der Waals surface area contributed by atoms with Gasteiger partial charge in [0, 0.05) is 23.8 Å². The second kappa shape index (κ2) is 6.62. The molecule has 1 heterocycles. The second-order valence-corrected chi connectivity index (χ2v) is 5.08. The van der Waals surface area contributed by atoms with Crippen molar-refractivity contribution in [2.45, 2.75) is 13.8 Å². The lowest BCUT2D eigenvalue weighted by molar-refractivity contribution is 0.0513. The summed E-state index contributed by atoms with van der Waals surface area (Å²) in [7, 11) is 1.58. The maximum absolute atomic E-state index is 12.2. The summed E-state index contributed by atoms with van der Waals surface area (Å²) in [5.74, 6) is -0.944. The molecule has 0 bridgehead atoms. The van der Waals surface area contributed by atoms with E-state index in [1.54, 1.807) is 32.2 Å². The van der Waals surface area contributed by atoms with Crippen LogP contribution in [0.2, 0.25) is 5.02 Å². The van der Waals surface area contributed by atoms with Crippen LogP contribution in [0.4, 0.5) is 5.69 Å². The van der Waals surface area contributed by atoms with Gasteiger partial charge in [0.05, 0.1) is 6.61 Å². The zero-order chi connectivity index (χ0) is 16.3. The molecule has 0 saturated carbocycles. The minimum Gasteiger partial charge on any atom is -0.461 e. The van der Waals surface area contributed by atoms with Gasteiger partial charge in [-0.25, -0.2) is 4.79 Å². The van der Waals surface area contributed by atoms with Crippen molar-refractivity contribution in [3.8, 4) is 0 Å². The van der Waals surface area contributed by atoms with Gasteiger partial charge >= 0.3 is 5.97 Å². The van der Waals surface area contributed by atoms with Crippen LogP contribution in [0.3, 0.4) is 0 Å². The van der Waals surface area contributed by atoms with E-state index in [0.717, 1.165) is 5.56 Å². The Labute approximate surface area is 133 Å². The molecule has 1 N–H and O–H groups in total. The zero-order valence-electron chi connectivity index (χ0n) is 12.5. The van der Waals surface area contributed by atoms with Gasteiger partial charge in [-0.15, -0.1) is 0 Å². The minimum absolute atomic E-state index is 0.127. The Balaban J connectivity index is 2.17. The Morgan fingerprint density at radius 3 is 2.73 bits per heavy atom. The molecule has 0 spiro atoms. The smallest absolute Gasteiger partial charge is 0.356 e. The summed E-state index contributed by atoms with van der Waals surface area (Å²) in [6, 6.07) is 6.60. The third-order valence-electron chi connectivity index (χ3n) is 3.03. The summed E-state index contributed by atoms with van der Waals surface area (Å²) in [5, 5.41) is 7.27.